The van der Waals surface area contributed by atoms with E-state index in [9.17, 15) is 14.4 Å². The molecule has 0 aliphatic carbocycles. The van der Waals surface area contributed by atoms with E-state index in [0.717, 1.165) is 0 Å². The van der Waals surface area contributed by atoms with Gasteiger partial charge in [0.2, 0.25) is 0 Å². The number of methoxy groups -OCH3 is 1. The third kappa shape index (κ3) is 3.36. The van der Waals surface area contributed by atoms with Gasteiger partial charge >= 0.3 is 11.9 Å². The van der Waals surface area contributed by atoms with Crippen LogP contribution in [0, 0.1) is 0 Å². The summed E-state index contributed by atoms with van der Waals surface area (Å²) >= 11 is 0. The molecule has 1 N–H and O–H groups in total. The molecule has 0 atom stereocenters. The fourth-order valence-electron chi connectivity index (χ4n) is 1.90. The molecule has 0 aliphatic rings. The largest absolute Gasteiger partial charge is 0.481 e. The molecule has 0 saturated carbocycles. The molecule has 6 heteroatoms. The molecule has 0 spiro atoms. The smallest absolute Gasteiger partial charge is 0.337 e. The lowest BCUT2D eigenvalue weighted by atomic mass is 10.0. The Morgan fingerprint density at radius 1 is 1.10 bits per heavy atom. The van der Waals surface area contributed by atoms with Crippen LogP contribution in [0.5, 0.6) is 0 Å². The quantitative estimate of drug-likeness (QED) is 0.516. The van der Waals surface area contributed by atoms with Crippen LogP contribution in [0.3, 0.4) is 0 Å². The van der Waals surface area contributed by atoms with Crippen LogP contribution in [0.2, 0.25) is 0 Å². The molecule has 0 bridgehead atoms. The van der Waals surface area contributed by atoms with Gasteiger partial charge in [0.15, 0.2) is 5.78 Å². The second kappa shape index (κ2) is 6.04. The average Bonchev–Trinajstić information content (AvgIpc) is 2.99. The van der Waals surface area contributed by atoms with Crippen LogP contribution in [0.1, 0.15) is 27.1 Å². The fourth-order valence-corrected chi connectivity index (χ4v) is 1.90. The Morgan fingerprint density at radius 2 is 1.71 bits per heavy atom. The van der Waals surface area contributed by atoms with Gasteiger partial charge in [-0.25, -0.2) is 4.79 Å². The number of hydrogen-bond acceptors (Lipinski definition) is 4. The van der Waals surface area contributed by atoms with Crippen molar-refractivity contribution >= 4 is 17.7 Å². The van der Waals surface area contributed by atoms with Crippen LogP contribution in [-0.2, 0) is 9.53 Å². The highest BCUT2D eigenvalue weighted by molar-refractivity contribution is 6.07. The zero-order chi connectivity index (χ0) is 15.4. The van der Waals surface area contributed by atoms with Gasteiger partial charge in [-0.1, -0.05) is 0 Å². The Bertz CT molecular complexity index is 688. The molecule has 1 aromatic carbocycles. The van der Waals surface area contributed by atoms with Gasteiger partial charge in [-0.05, 0) is 30.3 Å². The van der Waals surface area contributed by atoms with Crippen molar-refractivity contribution in [2.75, 3.05) is 7.11 Å². The summed E-state index contributed by atoms with van der Waals surface area (Å²) < 4.78 is 6.36. The van der Waals surface area contributed by atoms with Gasteiger partial charge in [0.25, 0.3) is 0 Å². The standard InChI is InChI=1S/C15H13NO5/c1-21-15(20)11-6-10(13(17)9-14(18)19)7-12(8-11)16-4-2-3-5-16/h2-8H,9H2,1H3,(H,18,19). The summed E-state index contributed by atoms with van der Waals surface area (Å²) in [7, 11) is 1.24. The Morgan fingerprint density at radius 3 is 2.29 bits per heavy atom. The maximum atomic E-state index is 11.9. The number of hydrogen-bond donors (Lipinski definition) is 1. The van der Waals surface area contributed by atoms with Crippen LogP contribution < -0.4 is 0 Å². The predicted octanol–water partition coefficient (Wildman–Crippen LogP) is 1.92. The minimum atomic E-state index is -1.22. The van der Waals surface area contributed by atoms with Gasteiger partial charge in [0.05, 0.1) is 12.7 Å². The minimum absolute atomic E-state index is 0.156. The van der Waals surface area contributed by atoms with Crippen molar-refractivity contribution in [3.63, 3.8) is 0 Å². The van der Waals surface area contributed by atoms with E-state index in [1.165, 1.54) is 19.2 Å². The van der Waals surface area contributed by atoms with E-state index in [0.29, 0.717) is 5.69 Å². The second-order valence-electron chi connectivity index (χ2n) is 4.34. The Labute approximate surface area is 120 Å². The number of nitrogens with zero attached hydrogens (tertiary/aromatic N) is 1. The molecule has 0 radical (unpaired) electrons. The van der Waals surface area contributed by atoms with Crippen molar-refractivity contribution in [3.8, 4) is 5.69 Å². The number of rotatable bonds is 5. The van der Waals surface area contributed by atoms with E-state index in [4.69, 9.17) is 5.11 Å². The third-order valence-corrected chi connectivity index (χ3v) is 2.88. The number of aromatic nitrogens is 1. The van der Waals surface area contributed by atoms with E-state index in [1.807, 2.05) is 0 Å². The summed E-state index contributed by atoms with van der Waals surface area (Å²) in [5, 5.41) is 8.71. The molecule has 0 saturated heterocycles. The number of carbonyl (C=O) groups is 3. The molecule has 0 amide bonds. The number of ketones is 1. The molecule has 21 heavy (non-hydrogen) atoms. The molecular formula is C15H13NO5. The summed E-state index contributed by atoms with van der Waals surface area (Å²) in [6.07, 6.45) is 2.87. The summed E-state index contributed by atoms with van der Waals surface area (Å²) in [6.45, 7) is 0. The number of carboxylic acids is 1. The molecule has 0 aliphatic heterocycles. The molecule has 0 unspecified atom stereocenters. The maximum Gasteiger partial charge on any atom is 0.337 e. The van der Waals surface area contributed by atoms with Crippen LogP contribution >= 0.6 is 0 Å². The van der Waals surface area contributed by atoms with Gasteiger partial charge in [0.1, 0.15) is 6.42 Å². The van der Waals surface area contributed by atoms with Crippen molar-refractivity contribution < 1.29 is 24.2 Å². The molecule has 0 fully saturated rings. The summed E-state index contributed by atoms with van der Waals surface area (Å²) in [5.74, 6) is -2.37. The Kier molecular flexibility index (Phi) is 4.18. The van der Waals surface area contributed by atoms with Crippen LogP contribution in [0.25, 0.3) is 5.69 Å². The number of aliphatic carboxylic acids is 1. The highest BCUT2D eigenvalue weighted by Crippen LogP contribution is 2.17. The highest BCUT2D eigenvalue weighted by Gasteiger charge is 2.16. The van der Waals surface area contributed by atoms with Gasteiger partial charge in [-0.2, -0.15) is 0 Å². The van der Waals surface area contributed by atoms with Crippen LogP contribution in [-0.4, -0.2) is 34.5 Å². The molecule has 1 aromatic heterocycles. The van der Waals surface area contributed by atoms with Crippen molar-refractivity contribution in [2.45, 2.75) is 6.42 Å². The van der Waals surface area contributed by atoms with Crippen molar-refractivity contribution in [3.05, 3.63) is 53.9 Å². The number of ether oxygens (including phenoxy) is 1. The van der Waals surface area contributed by atoms with Crippen molar-refractivity contribution in [2.24, 2.45) is 0 Å². The summed E-state index contributed by atoms with van der Waals surface area (Å²) in [5.41, 5.74) is 0.929. The van der Waals surface area contributed by atoms with E-state index in [2.05, 4.69) is 4.74 Å². The van der Waals surface area contributed by atoms with Crippen molar-refractivity contribution in [1.82, 2.24) is 4.57 Å². The molecule has 108 valence electrons. The molecule has 6 nitrogen and oxygen atoms in total. The first-order valence-electron chi connectivity index (χ1n) is 6.13. The number of carboxylic acid groups (broad SMARTS) is 1. The molecule has 1 heterocycles. The van der Waals surface area contributed by atoms with E-state index in [1.54, 1.807) is 35.2 Å². The first kappa shape index (κ1) is 14.5. The van der Waals surface area contributed by atoms with Crippen LogP contribution in [0.15, 0.2) is 42.7 Å². The molecule has 2 rings (SSSR count). The maximum absolute atomic E-state index is 11.9. The zero-order valence-electron chi connectivity index (χ0n) is 11.3. The fraction of sp³-hybridized carbons (Fsp3) is 0.133. The number of carbonyl (C=O) groups excluding carboxylic acids is 2. The van der Waals surface area contributed by atoms with Gasteiger partial charge in [-0.15, -0.1) is 0 Å². The lowest BCUT2D eigenvalue weighted by Crippen LogP contribution is -2.10. The monoisotopic (exact) mass is 287 g/mol. The normalized spacial score (nSPS) is 10.1. The van der Waals surface area contributed by atoms with E-state index < -0.39 is 24.1 Å². The van der Waals surface area contributed by atoms with E-state index in [-0.39, 0.29) is 11.1 Å². The number of benzene rings is 1. The first-order valence-corrected chi connectivity index (χ1v) is 6.13. The van der Waals surface area contributed by atoms with E-state index >= 15 is 0 Å². The number of Topliss-reactive ketones (excluding diaryl/α,β-unsaturated/α-hetero) is 1. The SMILES string of the molecule is COC(=O)c1cc(C(=O)CC(=O)O)cc(-n2cccc2)c1. The summed E-state index contributed by atoms with van der Waals surface area (Å²) in [6, 6.07) is 8.04. The third-order valence-electron chi connectivity index (χ3n) is 2.88. The zero-order valence-corrected chi connectivity index (χ0v) is 11.3. The first-order chi connectivity index (χ1) is 10.0. The topological polar surface area (TPSA) is 85.6 Å². The van der Waals surface area contributed by atoms with Crippen LogP contribution in [0.4, 0.5) is 0 Å². The Hall–Kier alpha value is -2.89. The van der Waals surface area contributed by atoms with Crippen molar-refractivity contribution in [1.29, 1.82) is 0 Å². The highest BCUT2D eigenvalue weighted by atomic mass is 16.5. The molecule has 2 aromatic rings. The van der Waals surface area contributed by atoms with Gasteiger partial charge in [0, 0.05) is 23.6 Å². The summed E-state index contributed by atoms with van der Waals surface area (Å²) in [4.78, 5) is 34.2. The lowest BCUT2D eigenvalue weighted by molar-refractivity contribution is -0.135. The average molecular weight is 287 g/mol. The minimum Gasteiger partial charge on any atom is -0.481 e. The lowest BCUT2D eigenvalue weighted by Gasteiger charge is -2.09. The molecular weight excluding hydrogens is 274 g/mol. The predicted molar refractivity (Wildman–Crippen MR) is 73.7 cm³/mol. The number of esters is 1. The van der Waals surface area contributed by atoms with Gasteiger partial charge < -0.3 is 14.4 Å². The Balaban J connectivity index is 2.49. The van der Waals surface area contributed by atoms with Gasteiger partial charge in [-0.3, -0.25) is 9.59 Å². The second-order valence-corrected chi connectivity index (χ2v) is 4.34.